The molecule has 0 atom stereocenters. The number of carbonyl (C=O) groups is 2. The lowest BCUT2D eigenvalue weighted by atomic mass is 10.1. The Hall–Kier alpha value is -3.24. The molecular formula is C22H22N6O2S2. The highest BCUT2D eigenvalue weighted by Gasteiger charge is 2.15. The zero-order valence-corrected chi connectivity index (χ0v) is 19.5. The molecule has 0 aliphatic carbocycles. The SMILES string of the molecule is CCn1c(SCC(=O)Nc2nc3ccc(NC(C)=O)cc3s2)nnc1-c1cccc(C)c1. The van der Waals surface area contributed by atoms with Gasteiger partial charge in [0.05, 0.1) is 16.0 Å². The Bertz CT molecular complexity index is 1300. The first-order valence-corrected chi connectivity index (χ1v) is 11.8. The van der Waals surface area contributed by atoms with Crippen LogP contribution in [0.1, 0.15) is 19.4 Å². The van der Waals surface area contributed by atoms with E-state index in [-0.39, 0.29) is 17.6 Å². The summed E-state index contributed by atoms with van der Waals surface area (Å²) in [6.45, 7) is 6.24. The second kappa shape index (κ2) is 9.49. The molecule has 2 N–H and O–H groups in total. The van der Waals surface area contributed by atoms with Crippen LogP contribution in [0, 0.1) is 6.92 Å². The molecule has 0 fully saturated rings. The molecule has 2 heterocycles. The number of thiazole rings is 1. The molecule has 4 rings (SSSR count). The van der Waals surface area contributed by atoms with E-state index in [2.05, 4.69) is 31.9 Å². The number of aryl methyl sites for hydroxylation is 1. The monoisotopic (exact) mass is 466 g/mol. The van der Waals surface area contributed by atoms with E-state index in [1.54, 1.807) is 6.07 Å². The third kappa shape index (κ3) is 4.97. The summed E-state index contributed by atoms with van der Waals surface area (Å²) in [5, 5.41) is 15.4. The Morgan fingerprint density at radius 1 is 1.12 bits per heavy atom. The normalized spacial score (nSPS) is 11.0. The molecule has 8 nitrogen and oxygen atoms in total. The van der Waals surface area contributed by atoms with Gasteiger partial charge in [0.1, 0.15) is 0 Å². The zero-order chi connectivity index (χ0) is 22.7. The number of anilines is 2. The summed E-state index contributed by atoms with van der Waals surface area (Å²) in [6, 6.07) is 13.6. The van der Waals surface area contributed by atoms with Gasteiger partial charge in [-0.2, -0.15) is 0 Å². The number of nitrogens with zero attached hydrogens (tertiary/aromatic N) is 4. The molecule has 32 heavy (non-hydrogen) atoms. The summed E-state index contributed by atoms with van der Waals surface area (Å²) >= 11 is 2.70. The number of amides is 2. The fourth-order valence-corrected chi connectivity index (χ4v) is 4.95. The minimum atomic E-state index is -0.168. The van der Waals surface area contributed by atoms with Crippen LogP contribution >= 0.6 is 23.1 Å². The van der Waals surface area contributed by atoms with Crippen LogP contribution in [0.4, 0.5) is 10.8 Å². The molecule has 0 bridgehead atoms. The van der Waals surface area contributed by atoms with E-state index >= 15 is 0 Å². The molecule has 0 aliphatic heterocycles. The Balaban J connectivity index is 1.42. The van der Waals surface area contributed by atoms with Gasteiger partial charge in [-0.3, -0.25) is 9.59 Å². The number of hydrogen-bond acceptors (Lipinski definition) is 7. The first kappa shape index (κ1) is 22.0. The standard InChI is InChI=1S/C22H22N6O2S2/c1-4-28-20(15-7-5-6-13(2)10-15)26-27-22(28)31-12-19(30)25-21-24-17-9-8-16(23-14(3)29)11-18(17)32-21/h5-11H,4,12H2,1-3H3,(H,23,29)(H,24,25,30). The predicted molar refractivity (Wildman–Crippen MR) is 129 cm³/mol. The number of thioether (sulfide) groups is 1. The molecule has 0 saturated heterocycles. The van der Waals surface area contributed by atoms with Crippen molar-refractivity contribution >= 4 is 55.9 Å². The van der Waals surface area contributed by atoms with Crippen molar-refractivity contribution in [2.45, 2.75) is 32.5 Å². The van der Waals surface area contributed by atoms with E-state index in [1.165, 1.54) is 30.0 Å². The van der Waals surface area contributed by atoms with Crippen LogP contribution < -0.4 is 10.6 Å². The van der Waals surface area contributed by atoms with Gasteiger partial charge in [-0.05, 0) is 38.1 Å². The maximum Gasteiger partial charge on any atom is 0.236 e. The van der Waals surface area contributed by atoms with E-state index < -0.39 is 0 Å². The molecule has 2 amide bonds. The minimum absolute atomic E-state index is 0.134. The van der Waals surface area contributed by atoms with Crippen molar-refractivity contribution < 1.29 is 9.59 Å². The highest BCUT2D eigenvalue weighted by Crippen LogP contribution is 2.29. The molecule has 0 spiro atoms. The molecule has 0 aliphatic rings. The fraction of sp³-hybridized carbons (Fsp3) is 0.227. The Morgan fingerprint density at radius 2 is 1.97 bits per heavy atom. The summed E-state index contributed by atoms with van der Waals surface area (Å²) < 4.78 is 2.89. The van der Waals surface area contributed by atoms with Crippen LogP contribution in [0.15, 0.2) is 47.6 Å². The smallest absolute Gasteiger partial charge is 0.236 e. The summed E-state index contributed by atoms with van der Waals surface area (Å²) in [7, 11) is 0. The predicted octanol–water partition coefficient (Wildman–Crippen LogP) is 4.57. The third-order valence-electron chi connectivity index (χ3n) is 4.60. The summed E-state index contributed by atoms with van der Waals surface area (Å²) in [5.41, 5.74) is 3.62. The first-order valence-electron chi connectivity index (χ1n) is 10.0. The molecule has 2 aromatic heterocycles. The van der Waals surface area contributed by atoms with Gasteiger partial charge in [-0.15, -0.1) is 10.2 Å². The molecule has 0 saturated carbocycles. The Morgan fingerprint density at radius 3 is 2.72 bits per heavy atom. The van der Waals surface area contributed by atoms with Gasteiger partial charge >= 0.3 is 0 Å². The molecule has 0 unspecified atom stereocenters. The van der Waals surface area contributed by atoms with Crippen LogP contribution in [-0.4, -0.2) is 37.3 Å². The molecule has 10 heteroatoms. The quantitative estimate of drug-likeness (QED) is 0.387. The zero-order valence-electron chi connectivity index (χ0n) is 17.9. The second-order valence-corrected chi connectivity index (χ2v) is 9.11. The number of rotatable bonds is 7. The lowest BCUT2D eigenvalue weighted by Gasteiger charge is -2.07. The molecule has 2 aromatic carbocycles. The van der Waals surface area contributed by atoms with Crippen LogP contribution in [-0.2, 0) is 16.1 Å². The van der Waals surface area contributed by atoms with E-state index in [0.717, 1.165) is 27.2 Å². The van der Waals surface area contributed by atoms with Gasteiger partial charge in [-0.1, -0.05) is 46.9 Å². The maximum atomic E-state index is 12.5. The highest BCUT2D eigenvalue weighted by molar-refractivity contribution is 7.99. The maximum absolute atomic E-state index is 12.5. The summed E-state index contributed by atoms with van der Waals surface area (Å²) in [6.07, 6.45) is 0. The number of benzene rings is 2. The van der Waals surface area contributed by atoms with Gasteiger partial charge < -0.3 is 15.2 Å². The van der Waals surface area contributed by atoms with Gasteiger partial charge in [-0.25, -0.2) is 4.98 Å². The van der Waals surface area contributed by atoms with Crippen molar-refractivity contribution in [1.29, 1.82) is 0 Å². The van der Waals surface area contributed by atoms with Crippen molar-refractivity contribution in [3.8, 4) is 11.4 Å². The van der Waals surface area contributed by atoms with Crippen molar-refractivity contribution in [1.82, 2.24) is 19.7 Å². The van der Waals surface area contributed by atoms with E-state index in [9.17, 15) is 9.59 Å². The van der Waals surface area contributed by atoms with Crippen LogP contribution in [0.2, 0.25) is 0 Å². The first-order chi connectivity index (χ1) is 15.4. The average Bonchev–Trinajstić information content (AvgIpc) is 3.34. The highest BCUT2D eigenvalue weighted by atomic mass is 32.2. The number of nitrogens with one attached hydrogen (secondary N) is 2. The lowest BCUT2D eigenvalue weighted by Crippen LogP contribution is -2.14. The van der Waals surface area contributed by atoms with E-state index in [1.807, 2.05) is 48.7 Å². The fourth-order valence-electron chi connectivity index (χ4n) is 3.22. The van der Waals surface area contributed by atoms with Gasteiger partial charge in [0.2, 0.25) is 11.8 Å². The molecule has 0 radical (unpaired) electrons. The molecule has 4 aromatic rings. The van der Waals surface area contributed by atoms with Crippen LogP contribution in [0.3, 0.4) is 0 Å². The average molecular weight is 467 g/mol. The van der Waals surface area contributed by atoms with Crippen molar-refractivity contribution in [2.24, 2.45) is 0 Å². The van der Waals surface area contributed by atoms with Gasteiger partial charge in [0, 0.05) is 24.7 Å². The Labute approximate surface area is 193 Å². The number of fused-ring (bicyclic) bond motifs is 1. The lowest BCUT2D eigenvalue weighted by molar-refractivity contribution is -0.114. The van der Waals surface area contributed by atoms with E-state index in [4.69, 9.17) is 0 Å². The summed E-state index contributed by atoms with van der Waals surface area (Å²) in [5.74, 6) is 0.683. The topological polar surface area (TPSA) is 102 Å². The van der Waals surface area contributed by atoms with Crippen LogP contribution in [0.25, 0.3) is 21.6 Å². The van der Waals surface area contributed by atoms with E-state index in [0.29, 0.717) is 22.5 Å². The minimum Gasteiger partial charge on any atom is -0.326 e. The third-order valence-corrected chi connectivity index (χ3v) is 6.50. The van der Waals surface area contributed by atoms with Crippen molar-refractivity contribution in [3.05, 3.63) is 48.0 Å². The number of aromatic nitrogens is 4. The largest absolute Gasteiger partial charge is 0.326 e. The molecular weight excluding hydrogens is 444 g/mol. The Kier molecular flexibility index (Phi) is 6.52. The van der Waals surface area contributed by atoms with Gasteiger partial charge in [0.25, 0.3) is 0 Å². The van der Waals surface area contributed by atoms with Crippen molar-refractivity contribution in [3.63, 3.8) is 0 Å². The number of carbonyl (C=O) groups excluding carboxylic acids is 2. The van der Waals surface area contributed by atoms with Crippen molar-refractivity contribution in [2.75, 3.05) is 16.4 Å². The molecule has 164 valence electrons. The van der Waals surface area contributed by atoms with Crippen LogP contribution in [0.5, 0.6) is 0 Å². The number of hydrogen-bond donors (Lipinski definition) is 2. The summed E-state index contributed by atoms with van der Waals surface area (Å²) in [4.78, 5) is 28.2. The van der Waals surface area contributed by atoms with Gasteiger partial charge in [0.15, 0.2) is 16.1 Å². The second-order valence-electron chi connectivity index (χ2n) is 7.14.